The van der Waals surface area contributed by atoms with Gasteiger partial charge >= 0.3 is 0 Å². The minimum absolute atomic E-state index is 0.162. The molecule has 0 atom stereocenters. The van der Waals surface area contributed by atoms with Crippen molar-refractivity contribution in [1.29, 1.82) is 0 Å². The summed E-state index contributed by atoms with van der Waals surface area (Å²) in [6.45, 7) is 8.74. The van der Waals surface area contributed by atoms with Gasteiger partial charge in [0.2, 0.25) is 5.88 Å². The standard InChI is InChI=1S/C23H25ClN2OS/c1-5-18-14-21(27-20-9-7-6-8-19(20)24)26-22(25-18)28-15-16-10-12-17(13-11-16)23(2,3)4/h6-14H,5,15H2,1-4H3. The number of aryl methyl sites for hydroxylation is 1. The smallest absolute Gasteiger partial charge is 0.223 e. The Labute approximate surface area is 176 Å². The number of rotatable bonds is 6. The van der Waals surface area contributed by atoms with Crippen LogP contribution in [0, 0.1) is 0 Å². The summed E-state index contributed by atoms with van der Waals surface area (Å²) in [6, 6.07) is 18.0. The third kappa shape index (κ3) is 5.49. The van der Waals surface area contributed by atoms with Gasteiger partial charge in [-0.25, -0.2) is 4.98 Å². The summed E-state index contributed by atoms with van der Waals surface area (Å²) in [5.74, 6) is 1.92. The number of halogens is 1. The molecule has 1 aromatic heterocycles. The molecule has 3 nitrogen and oxygen atoms in total. The minimum Gasteiger partial charge on any atom is -0.437 e. The maximum absolute atomic E-state index is 6.20. The van der Waals surface area contributed by atoms with Crippen molar-refractivity contribution in [3.63, 3.8) is 0 Å². The lowest BCUT2D eigenvalue weighted by Gasteiger charge is -2.19. The van der Waals surface area contributed by atoms with Gasteiger partial charge in [-0.05, 0) is 35.1 Å². The average molecular weight is 413 g/mol. The number of hydrogen-bond donors (Lipinski definition) is 0. The topological polar surface area (TPSA) is 35.0 Å². The quantitative estimate of drug-likeness (QED) is 0.320. The molecule has 146 valence electrons. The van der Waals surface area contributed by atoms with Crippen LogP contribution in [-0.2, 0) is 17.6 Å². The molecule has 0 unspecified atom stereocenters. The number of benzene rings is 2. The zero-order valence-electron chi connectivity index (χ0n) is 16.7. The summed E-state index contributed by atoms with van der Waals surface area (Å²) in [6.07, 6.45) is 0.815. The highest BCUT2D eigenvalue weighted by Gasteiger charge is 2.13. The molecule has 3 aromatic rings. The van der Waals surface area contributed by atoms with Gasteiger partial charge in [0.1, 0.15) is 5.75 Å². The Morgan fingerprint density at radius 1 is 1.00 bits per heavy atom. The number of ether oxygens (including phenoxy) is 1. The Balaban J connectivity index is 1.74. The number of nitrogens with zero attached hydrogens (tertiary/aromatic N) is 2. The predicted octanol–water partition coefficient (Wildman–Crippen LogP) is 7.07. The molecule has 0 saturated heterocycles. The van der Waals surface area contributed by atoms with Gasteiger partial charge in [0.15, 0.2) is 5.16 Å². The second-order valence-electron chi connectivity index (χ2n) is 7.60. The first-order valence-corrected chi connectivity index (χ1v) is 10.7. The Morgan fingerprint density at radius 2 is 1.71 bits per heavy atom. The molecule has 0 amide bonds. The van der Waals surface area contributed by atoms with Crippen molar-refractivity contribution >= 4 is 23.4 Å². The highest BCUT2D eigenvalue weighted by molar-refractivity contribution is 7.98. The normalized spacial score (nSPS) is 11.5. The number of aromatic nitrogens is 2. The van der Waals surface area contributed by atoms with Crippen LogP contribution in [0.15, 0.2) is 59.8 Å². The van der Waals surface area contributed by atoms with Gasteiger partial charge in [-0.1, -0.05) is 87.5 Å². The highest BCUT2D eigenvalue weighted by atomic mass is 35.5. The van der Waals surface area contributed by atoms with Gasteiger partial charge < -0.3 is 4.74 Å². The molecular weight excluding hydrogens is 388 g/mol. The van der Waals surface area contributed by atoms with Crippen LogP contribution in [0.5, 0.6) is 11.6 Å². The largest absolute Gasteiger partial charge is 0.437 e. The Hall–Kier alpha value is -2.04. The molecule has 0 N–H and O–H groups in total. The van der Waals surface area contributed by atoms with Crippen LogP contribution in [0.3, 0.4) is 0 Å². The zero-order chi connectivity index (χ0) is 20.1. The van der Waals surface area contributed by atoms with E-state index in [1.165, 1.54) is 11.1 Å². The molecule has 0 bridgehead atoms. The molecule has 1 heterocycles. The predicted molar refractivity (Wildman–Crippen MR) is 118 cm³/mol. The molecule has 0 radical (unpaired) electrons. The first-order valence-electron chi connectivity index (χ1n) is 9.37. The second kappa shape index (κ2) is 8.97. The lowest BCUT2D eigenvalue weighted by molar-refractivity contribution is 0.454. The van der Waals surface area contributed by atoms with Gasteiger partial charge in [-0.15, -0.1) is 0 Å². The second-order valence-corrected chi connectivity index (χ2v) is 8.95. The average Bonchev–Trinajstić information content (AvgIpc) is 2.67. The Kier molecular flexibility index (Phi) is 6.63. The van der Waals surface area contributed by atoms with E-state index in [1.54, 1.807) is 17.8 Å². The van der Waals surface area contributed by atoms with Crippen LogP contribution < -0.4 is 4.74 Å². The first kappa shape index (κ1) is 20.7. The summed E-state index contributed by atoms with van der Waals surface area (Å²) in [5.41, 5.74) is 3.69. The summed E-state index contributed by atoms with van der Waals surface area (Å²) in [5, 5.41) is 1.27. The summed E-state index contributed by atoms with van der Waals surface area (Å²) >= 11 is 7.81. The lowest BCUT2D eigenvalue weighted by Crippen LogP contribution is -2.10. The third-order valence-electron chi connectivity index (χ3n) is 4.34. The van der Waals surface area contributed by atoms with Crippen molar-refractivity contribution in [2.75, 3.05) is 0 Å². The third-order valence-corrected chi connectivity index (χ3v) is 5.57. The molecule has 0 saturated carbocycles. The molecular formula is C23H25ClN2OS. The molecule has 0 aliphatic heterocycles. The molecule has 0 aliphatic rings. The van der Waals surface area contributed by atoms with E-state index in [2.05, 4.69) is 61.9 Å². The molecule has 0 aliphatic carbocycles. The van der Waals surface area contributed by atoms with Crippen molar-refractivity contribution in [1.82, 2.24) is 9.97 Å². The minimum atomic E-state index is 0.162. The van der Waals surface area contributed by atoms with Crippen molar-refractivity contribution in [2.24, 2.45) is 0 Å². The van der Waals surface area contributed by atoms with Gasteiger partial charge in [0.05, 0.1) is 5.02 Å². The van der Waals surface area contributed by atoms with E-state index in [1.807, 2.05) is 24.3 Å². The molecule has 28 heavy (non-hydrogen) atoms. The fourth-order valence-electron chi connectivity index (χ4n) is 2.64. The van der Waals surface area contributed by atoms with Gasteiger partial charge in [0.25, 0.3) is 0 Å². The van der Waals surface area contributed by atoms with E-state index >= 15 is 0 Å². The zero-order valence-corrected chi connectivity index (χ0v) is 18.3. The van der Waals surface area contributed by atoms with E-state index in [-0.39, 0.29) is 5.41 Å². The Bertz CT molecular complexity index is 936. The van der Waals surface area contributed by atoms with E-state index in [9.17, 15) is 0 Å². The van der Waals surface area contributed by atoms with E-state index in [4.69, 9.17) is 16.3 Å². The van der Waals surface area contributed by atoms with Crippen molar-refractivity contribution in [3.8, 4) is 11.6 Å². The van der Waals surface area contributed by atoms with E-state index in [0.29, 0.717) is 21.8 Å². The molecule has 5 heteroatoms. The summed E-state index contributed by atoms with van der Waals surface area (Å²) < 4.78 is 5.90. The van der Waals surface area contributed by atoms with Gasteiger partial charge in [-0.3, -0.25) is 0 Å². The van der Waals surface area contributed by atoms with Crippen molar-refractivity contribution in [2.45, 2.75) is 50.4 Å². The van der Waals surface area contributed by atoms with Crippen LogP contribution >= 0.6 is 23.4 Å². The fourth-order valence-corrected chi connectivity index (χ4v) is 3.64. The van der Waals surface area contributed by atoms with Gasteiger partial charge in [0, 0.05) is 17.5 Å². The van der Waals surface area contributed by atoms with Crippen LogP contribution in [0.25, 0.3) is 0 Å². The van der Waals surface area contributed by atoms with E-state index in [0.717, 1.165) is 17.9 Å². The van der Waals surface area contributed by atoms with Crippen molar-refractivity contribution < 1.29 is 4.74 Å². The van der Waals surface area contributed by atoms with Crippen LogP contribution in [0.1, 0.15) is 44.5 Å². The Morgan fingerprint density at radius 3 is 2.36 bits per heavy atom. The molecule has 2 aromatic carbocycles. The van der Waals surface area contributed by atoms with Gasteiger partial charge in [-0.2, -0.15) is 4.98 Å². The SMILES string of the molecule is CCc1cc(Oc2ccccc2Cl)nc(SCc2ccc(C(C)(C)C)cc2)n1. The monoisotopic (exact) mass is 412 g/mol. The number of thioether (sulfide) groups is 1. The molecule has 3 rings (SSSR count). The number of hydrogen-bond acceptors (Lipinski definition) is 4. The maximum atomic E-state index is 6.20. The first-order chi connectivity index (χ1) is 13.3. The maximum Gasteiger partial charge on any atom is 0.223 e. The van der Waals surface area contributed by atoms with Crippen LogP contribution in [0.2, 0.25) is 5.02 Å². The fraction of sp³-hybridized carbons (Fsp3) is 0.304. The van der Waals surface area contributed by atoms with Crippen LogP contribution in [-0.4, -0.2) is 9.97 Å². The molecule has 0 spiro atoms. The highest BCUT2D eigenvalue weighted by Crippen LogP contribution is 2.30. The van der Waals surface area contributed by atoms with Crippen molar-refractivity contribution in [3.05, 3.63) is 76.4 Å². The summed E-state index contributed by atoms with van der Waals surface area (Å²) in [4.78, 5) is 9.19. The lowest BCUT2D eigenvalue weighted by atomic mass is 9.87. The van der Waals surface area contributed by atoms with Crippen LogP contribution in [0.4, 0.5) is 0 Å². The molecule has 0 fully saturated rings. The number of para-hydroxylation sites is 1. The summed E-state index contributed by atoms with van der Waals surface area (Å²) in [7, 11) is 0. The van der Waals surface area contributed by atoms with E-state index < -0.39 is 0 Å².